The van der Waals surface area contributed by atoms with Gasteiger partial charge in [-0.2, -0.15) is 0 Å². The molecule has 0 rings (SSSR count). The lowest BCUT2D eigenvalue weighted by molar-refractivity contribution is 0.101. The van der Waals surface area contributed by atoms with Gasteiger partial charge in [0.25, 0.3) is 0 Å². The van der Waals surface area contributed by atoms with Crippen molar-refractivity contribution in [1.29, 1.82) is 0 Å². The van der Waals surface area contributed by atoms with E-state index in [4.69, 9.17) is 0 Å². The van der Waals surface area contributed by atoms with Crippen molar-refractivity contribution in [3.05, 3.63) is 0 Å². The number of aliphatic hydroxyl groups is 2. The standard InChI is InChI=1S/C18H38O2/c1-3-5-7-9-10-12-14-18(20)16-15-17(19)13-11-8-6-4-2/h17-20H,3-16H2,1-2H3. The van der Waals surface area contributed by atoms with E-state index in [9.17, 15) is 10.2 Å². The molecule has 20 heavy (non-hydrogen) atoms. The molecule has 0 fully saturated rings. The average molecular weight is 286 g/mol. The molecule has 0 heterocycles. The second-order valence-electron chi connectivity index (χ2n) is 6.29. The van der Waals surface area contributed by atoms with Gasteiger partial charge in [-0.15, -0.1) is 0 Å². The van der Waals surface area contributed by atoms with E-state index in [1.807, 2.05) is 0 Å². The zero-order valence-corrected chi connectivity index (χ0v) is 13.9. The molecule has 0 bridgehead atoms. The Kier molecular flexibility index (Phi) is 15.3. The molecule has 2 N–H and O–H groups in total. The summed E-state index contributed by atoms with van der Waals surface area (Å²) in [6.07, 6.45) is 15.5. The predicted octanol–water partition coefficient (Wildman–Crippen LogP) is 5.21. The predicted molar refractivity (Wildman–Crippen MR) is 88.0 cm³/mol. The molecule has 0 saturated heterocycles. The van der Waals surface area contributed by atoms with Gasteiger partial charge in [0.2, 0.25) is 0 Å². The van der Waals surface area contributed by atoms with Gasteiger partial charge in [-0.1, -0.05) is 78.1 Å². The molecule has 0 aliphatic rings. The van der Waals surface area contributed by atoms with Crippen molar-refractivity contribution in [3.8, 4) is 0 Å². The van der Waals surface area contributed by atoms with Crippen LogP contribution < -0.4 is 0 Å². The summed E-state index contributed by atoms with van der Waals surface area (Å²) in [6.45, 7) is 4.44. The molecule has 0 aromatic rings. The van der Waals surface area contributed by atoms with Crippen LogP contribution in [0.5, 0.6) is 0 Å². The minimum atomic E-state index is -0.203. The lowest BCUT2D eigenvalue weighted by Crippen LogP contribution is -2.13. The van der Waals surface area contributed by atoms with Gasteiger partial charge in [0.05, 0.1) is 12.2 Å². The van der Waals surface area contributed by atoms with Crippen LogP contribution in [0.4, 0.5) is 0 Å². The van der Waals surface area contributed by atoms with Gasteiger partial charge < -0.3 is 10.2 Å². The number of rotatable bonds is 15. The molecule has 122 valence electrons. The number of aliphatic hydroxyl groups excluding tert-OH is 2. The molecule has 0 spiro atoms. The summed E-state index contributed by atoms with van der Waals surface area (Å²) in [5.74, 6) is 0. The van der Waals surface area contributed by atoms with E-state index in [1.54, 1.807) is 0 Å². The van der Waals surface area contributed by atoms with Gasteiger partial charge in [-0.25, -0.2) is 0 Å². The van der Waals surface area contributed by atoms with Crippen molar-refractivity contribution in [3.63, 3.8) is 0 Å². The minimum absolute atomic E-state index is 0.202. The molecule has 2 heteroatoms. The largest absolute Gasteiger partial charge is 0.393 e. The Hall–Kier alpha value is -0.0800. The lowest BCUT2D eigenvalue weighted by atomic mass is 10.0. The molecule has 2 nitrogen and oxygen atoms in total. The number of hydrogen-bond donors (Lipinski definition) is 2. The molecule has 0 aliphatic carbocycles. The first-order chi connectivity index (χ1) is 9.70. The molecule has 2 atom stereocenters. The first kappa shape index (κ1) is 19.9. The lowest BCUT2D eigenvalue weighted by Gasteiger charge is -2.14. The maximum Gasteiger partial charge on any atom is 0.0541 e. The molecule has 0 aromatic carbocycles. The van der Waals surface area contributed by atoms with Crippen molar-refractivity contribution in [2.24, 2.45) is 0 Å². The average Bonchev–Trinajstić information content (AvgIpc) is 2.45. The molecule has 0 radical (unpaired) electrons. The summed E-state index contributed by atoms with van der Waals surface area (Å²) in [5, 5.41) is 19.8. The summed E-state index contributed by atoms with van der Waals surface area (Å²) in [6, 6.07) is 0. The maximum absolute atomic E-state index is 9.90. The van der Waals surface area contributed by atoms with E-state index < -0.39 is 0 Å². The quantitative estimate of drug-likeness (QED) is 0.406. The second-order valence-corrected chi connectivity index (χ2v) is 6.29. The summed E-state index contributed by atoms with van der Waals surface area (Å²) in [4.78, 5) is 0. The smallest absolute Gasteiger partial charge is 0.0541 e. The van der Waals surface area contributed by atoms with Crippen molar-refractivity contribution in [1.82, 2.24) is 0 Å². The maximum atomic E-state index is 9.90. The molecular weight excluding hydrogens is 248 g/mol. The van der Waals surface area contributed by atoms with Gasteiger partial charge in [-0.05, 0) is 25.7 Å². The van der Waals surface area contributed by atoms with Crippen molar-refractivity contribution in [2.75, 3.05) is 0 Å². The Balaban J connectivity index is 3.31. The van der Waals surface area contributed by atoms with E-state index in [1.165, 1.54) is 51.4 Å². The summed E-state index contributed by atoms with van der Waals surface area (Å²) >= 11 is 0. The van der Waals surface area contributed by atoms with Gasteiger partial charge >= 0.3 is 0 Å². The molecule has 0 amide bonds. The third kappa shape index (κ3) is 14.3. The van der Waals surface area contributed by atoms with Crippen LogP contribution in [-0.4, -0.2) is 22.4 Å². The zero-order valence-electron chi connectivity index (χ0n) is 13.9. The highest BCUT2D eigenvalue weighted by atomic mass is 16.3. The molecule has 0 aliphatic heterocycles. The van der Waals surface area contributed by atoms with Crippen molar-refractivity contribution >= 4 is 0 Å². The summed E-state index contributed by atoms with van der Waals surface area (Å²) < 4.78 is 0. The monoisotopic (exact) mass is 286 g/mol. The highest BCUT2D eigenvalue weighted by Crippen LogP contribution is 2.14. The number of unbranched alkanes of at least 4 members (excludes halogenated alkanes) is 8. The van der Waals surface area contributed by atoms with Crippen LogP contribution in [0.15, 0.2) is 0 Å². The van der Waals surface area contributed by atoms with E-state index in [0.29, 0.717) is 0 Å². The fraction of sp³-hybridized carbons (Fsp3) is 1.00. The fourth-order valence-corrected chi connectivity index (χ4v) is 2.64. The SMILES string of the molecule is CCCCCCCCC(O)CCC(O)CCCCCC. The van der Waals surface area contributed by atoms with Crippen LogP contribution in [0, 0.1) is 0 Å². The topological polar surface area (TPSA) is 40.5 Å². The van der Waals surface area contributed by atoms with Crippen LogP contribution in [0.3, 0.4) is 0 Å². The summed E-state index contributed by atoms with van der Waals surface area (Å²) in [5.41, 5.74) is 0. The third-order valence-corrected chi connectivity index (χ3v) is 4.11. The fourth-order valence-electron chi connectivity index (χ4n) is 2.64. The van der Waals surface area contributed by atoms with Crippen LogP contribution in [0.2, 0.25) is 0 Å². The molecular formula is C18H38O2. The van der Waals surface area contributed by atoms with E-state index in [2.05, 4.69) is 13.8 Å². The normalized spacial score (nSPS) is 14.4. The van der Waals surface area contributed by atoms with Crippen LogP contribution in [-0.2, 0) is 0 Å². The van der Waals surface area contributed by atoms with E-state index in [-0.39, 0.29) is 12.2 Å². The van der Waals surface area contributed by atoms with Gasteiger partial charge in [0.15, 0.2) is 0 Å². The van der Waals surface area contributed by atoms with Crippen LogP contribution in [0.1, 0.15) is 104 Å². The number of hydrogen-bond acceptors (Lipinski definition) is 2. The molecule has 0 saturated carbocycles. The first-order valence-electron chi connectivity index (χ1n) is 9.06. The Morgan fingerprint density at radius 2 is 0.850 bits per heavy atom. The molecule has 0 aromatic heterocycles. The van der Waals surface area contributed by atoms with Crippen LogP contribution >= 0.6 is 0 Å². The van der Waals surface area contributed by atoms with Crippen molar-refractivity contribution in [2.45, 2.75) is 116 Å². The minimum Gasteiger partial charge on any atom is -0.393 e. The zero-order chi connectivity index (χ0) is 15.1. The first-order valence-corrected chi connectivity index (χ1v) is 9.06. The Bertz CT molecular complexity index is 182. The Labute approximate surface area is 127 Å². The van der Waals surface area contributed by atoms with E-state index >= 15 is 0 Å². The van der Waals surface area contributed by atoms with Gasteiger partial charge in [0.1, 0.15) is 0 Å². The van der Waals surface area contributed by atoms with Gasteiger partial charge in [-0.3, -0.25) is 0 Å². The summed E-state index contributed by atoms with van der Waals surface area (Å²) in [7, 11) is 0. The highest BCUT2D eigenvalue weighted by molar-refractivity contribution is 4.62. The Morgan fingerprint density at radius 1 is 0.500 bits per heavy atom. The Morgan fingerprint density at radius 3 is 1.30 bits per heavy atom. The van der Waals surface area contributed by atoms with Crippen molar-refractivity contribution < 1.29 is 10.2 Å². The van der Waals surface area contributed by atoms with Gasteiger partial charge in [0, 0.05) is 0 Å². The third-order valence-electron chi connectivity index (χ3n) is 4.11. The highest BCUT2D eigenvalue weighted by Gasteiger charge is 2.09. The van der Waals surface area contributed by atoms with Crippen LogP contribution in [0.25, 0.3) is 0 Å². The second kappa shape index (κ2) is 15.3. The molecule has 2 unspecified atom stereocenters. The van der Waals surface area contributed by atoms with E-state index in [0.717, 1.165) is 38.5 Å².